The van der Waals surface area contributed by atoms with Crippen LogP contribution in [0.2, 0.25) is 0 Å². The molecule has 17 heavy (non-hydrogen) atoms. The summed E-state index contributed by atoms with van der Waals surface area (Å²) < 4.78 is 0.959. The van der Waals surface area contributed by atoms with Gasteiger partial charge in [0, 0.05) is 15.7 Å². The van der Waals surface area contributed by atoms with Gasteiger partial charge in [0.15, 0.2) is 0 Å². The molecule has 0 radical (unpaired) electrons. The average molecular weight is 345 g/mol. The number of phenols is 1. The second kappa shape index (κ2) is 4.48. The molecule has 0 unspecified atom stereocenters. The molecule has 0 atom stereocenters. The second-order valence-corrected chi connectivity index (χ2v) is 6.28. The number of hydrogen-bond acceptors (Lipinski definition) is 2. The summed E-state index contributed by atoms with van der Waals surface area (Å²) in [7, 11) is 0. The minimum Gasteiger partial charge on any atom is -0.507 e. The highest BCUT2D eigenvalue weighted by molar-refractivity contribution is 14.1. The van der Waals surface area contributed by atoms with Crippen LogP contribution in [0.1, 0.15) is 37.0 Å². The van der Waals surface area contributed by atoms with E-state index in [-0.39, 0.29) is 17.2 Å². The van der Waals surface area contributed by atoms with Gasteiger partial charge in [-0.05, 0) is 67.5 Å². The van der Waals surface area contributed by atoms with Crippen LogP contribution in [-0.2, 0) is 0 Å². The van der Waals surface area contributed by atoms with Crippen LogP contribution in [0.4, 0.5) is 0 Å². The second-order valence-electron chi connectivity index (χ2n) is 5.03. The van der Waals surface area contributed by atoms with Crippen LogP contribution in [0, 0.1) is 3.57 Å². The fraction of sp³-hybridized carbons (Fsp3) is 0.462. The van der Waals surface area contributed by atoms with Gasteiger partial charge in [-0.1, -0.05) is 0 Å². The maximum absolute atomic E-state index is 12.4. The number of likely N-dealkylation sites (tertiary alicyclic amines) is 1. The van der Waals surface area contributed by atoms with Gasteiger partial charge in [-0.3, -0.25) is 4.79 Å². The van der Waals surface area contributed by atoms with E-state index in [4.69, 9.17) is 0 Å². The number of carbonyl (C=O) groups excluding carboxylic acids is 1. The lowest BCUT2D eigenvalue weighted by Gasteiger charge is -2.31. The molecule has 4 heteroatoms. The fourth-order valence-corrected chi connectivity index (χ4v) is 2.80. The highest BCUT2D eigenvalue weighted by Gasteiger charge is 2.36. The van der Waals surface area contributed by atoms with Crippen molar-refractivity contribution in [1.29, 1.82) is 0 Å². The zero-order valence-electron chi connectivity index (χ0n) is 10.0. The standard InChI is InChI=1S/C13H16INO2/c1-13(2)6-3-7-15(13)12(17)10-8-9(14)4-5-11(10)16/h4-5,8,16H,3,6-7H2,1-2H3. The Balaban J connectivity index is 2.34. The van der Waals surface area contributed by atoms with Gasteiger partial charge < -0.3 is 10.0 Å². The van der Waals surface area contributed by atoms with E-state index in [1.54, 1.807) is 18.2 Å². The summed E-state index contributed by atoms with van der Waals surface area (Å²) in [5.74, 6) is 0.00151. The van der Waals surface area contributed by atoms with E-state index < -0.39 is 0 Å². The van der Waals surface area contributed by atoms with Crippen molar-refractivity contribution in [1.82, 2.24) is 4.90 Å². The molecule has 1 heterocycles. The topological polar surface area (TPSA) is 40.5 Å². The Labute approximate surface area is 115 Å². The van der Waals surface area contributed by atoms with Crippen molar-refractivity contribution in [2.45, 2.75) is 32.2 Å². The minimum absolute atomic E-state index is 0.0662. The molecule has 92 valence electrons. The predicted octanol–water partition coefficient (Wildman–Crippen LogP) is 3.01. The molecule has 1 N–H and O–H groups in total. The molecule has 2 rings (SSSR count). The van der Waals surface area contributed by atoms with Gasteiger partial charge in [0.25, 0.3) is 5.91 Å². The zero-order valence-corrected chi connectivity index (χ0v) is 12.2. The van der Waals surface area contributed by atoms with Crippen molar-refractivity contribution in [3.63, 3.8) is 0 Å². The minimum atomic E-state index is -0.106. The van der Waals surface area contributed by atoms with Crippen molar-refractivity contribution in [3.05, 3.63) is 27.3 Å². The van der Waals surface area contributed by atoms with Crippen LogP contribution in [0.5, 0.6) is 5.75 Å². The number of nitrogens with zero attached hydrogens (tertiary/aromatic N) is 1. The number of hydrogen-bond donors (Lipinski definition) is 1. The van der Waals surface area contributed by atoms with Crippen molar-refractivity contribution >= 4 is 28.5 Å². The highest BCUT2D eigenvalue weighted by Crippen LogP contribution is 2.31. The molecule has 1 saturated heterocycles. The quantitative estimate of drug-likeness (QED) is 0.795. The highest BCUT2D eigenvalue weighted by atomic mass is 127. The van der Waals surface area contributed by atoms with Gasteiger partial charge in [-0.25, -0.2) is 0 Å². The summed E-state index contributed by atoms with van der Waals surface area (Å²) >= 11 is 2.15. The van der Waals surface area contributed by atoms with Crippen LogP contribution >= 0.6 is 22.6 Å². The molecular weight excluding hydrogens is 329 g/mol. The number of carbonyl (C=O) groups is 1. The number of phenolic OH excluding ortho intramolecular Hbond substituents is 1. The van der Waals surface area contributed by atoms with E-state index in [2.05, 4.69) is 36.4 Å². The molecule has 1 aromatic carbocycles. The summed E-state index contributed by atoms with van der Waals surface area (Å²) in [5, 5.41) is 9.79. The number of halogens is 1. The third kappa shape index (κ3) is 2.41. The molecular formula is C13H16INO2. The van der Waals surface area contributed by atoms with Crippen LogP contribution in [0.3, 0.4) is 0 Å². The van der Waals surface area contributed by atoms with Crippen molar-refractivity contribution in [3.8, 4) is 5.75 Å². The average Bonchev–Trinajstić information content (AvgIpc) is 2.61. The summed E-state index contributed by atoms with van der Waals surface area (Å²) in [6.45, 7) is 4.92. The van der Waals surface area contributed by atoms with E-state index in [0.717, 1.165) is 23.0 Å². The number of benzene rings is 1. The number of amides is 1. The smallest absolute Gasteiger partial charge is 0.258 e. The molecule has 1 aliphatic rings. The SMILES string of the molecule is CC1(C)CCCN1C(=O)c1cc(I)ccc1O. The van der Waals surface area contributed by atoms with Gasteiger partial charge in [-0.2, -0.15) is 0 Å². The first-order valence-corrected chi connectivity index (χ1v) is 6.80. The van der Waals surface area contributed by atoms with Crippen molar-refractivity contribution < 1.29 is 9.90 Å². The maximum atomic E-state index is 12.4. The predicted molar refractivity (Wildman–Crippen MR) is 75.2 cm³/mol. The van der Waals surface area contributed by atoms with E-state index in [1.807, 2.05) is 4.90 Å². The molecule has 0 aliphatic carbocycles. The molecule has 1 fully saturated rings. The van der Waals surface area contributed by atoms with Gasteiger partial charge in [0.1, 0.15) is 5.75 Å². The van der Waals surface area contributed by atoms with Crippen molar-refractivity contribution in [2.75, 3.05) is 6.54 Å². The molecule has 1 aliphatic heterocycles. The molecule has 0 bridgehead atoms. The van der Waals surface area contributed by atoms with E-state index in [1.165, 1.54) is 0 Å². The fourth-order valence-electron chi connectivity index (χ4n) is 2.31. The maximum Gasteiger partial charge on any atom is 0.258 e. The largest absolute Gasteiger partial charge is 0.507 e. The Morgan fingerprint density at radius 2 is 2.18 bits per heavy atom. The Bertz CT molecular complexity index is 457. The van der Waals surface area contributed by atoms with E-state index in [0.29, 0.717) is 5.56 Å². The molecule has 0 spiro atoms. The lowest BCUT2D eigenvalue weighted by atomic mass is 10.0. The summed E-state index contributed by atoms with van der Waals surface area (Å²) in [6.07, 6.45) is 2.05. The molecule has 3 nitrogen and oxygen atoms in total. The first-order chi connectivity index (χ1) is 7.92. The third-order valence-electron chi connectivity index (χ3n) is 3.34. The van der Waals surface area contributed by atoms with Crippen LogP contribution in [-0.4, -0.2) is 28.0 Å². The summed E-state index contributed by atoms with van der Waals surface area (Å²) in [5.41, 5.74) is 0.303. The van der Waals surface area contributed by atoms with Gasteiger partial charge in [0.05, 0.1) is 5.56 Å². The van der Waals surface area contributed by atoms with Gasteiger partial charge >= 0.3 is 0 Å². The zero-order chi connectivity index (χ0) is 12.6. The van der Waals surface area contributed by atoms with E-state index in [9.17, 15) is 9.90 Å². The lowest BCUT2D eigenvalue weighted by molar-refractivity contribution is 0.0649. The van der Waals surface area contributed by atoms with Crippen LogP contribution in [0.15, 0.2) is 18.2 Å². The normalized spacial score (nSPS) is 18.4. The Morgan fingerprint density at radius 1 is 1.47 bits per heavy atom. The Hall–Kier alpha value is -0.780. The molecule has 1 aromatic rings. The summed E-state index contributed by atoms with van der Waals surface area (Å²) in [6, 6.07) is 5.12. The molecule has 0 aromatic heterocycles. The Morgan fingerprint density at radius 3 is 2.76 bits per heavy atom. The third-order valence-corrected chi connectivity index (χ3v) is 4.01. The van der Waals surface area contributed by atoms with Crippen molar-refractivity contribution in [2.24, 2.45) is 0 Å². The van der Waals surface area contributed by atoms with E-state index >= 15 is 0 Å². The number of rotatable bonds is 1. The summed E-state index contributed by atoms with van der Waals surface area (Å²) in [4.78, 5) is 14.3. The first-order valence-electron chi connectivity index (χ1n) is 5.72. The number of aromatic hydroxyl groups is 1. The van der Waals surface area contributed by atoms with Crippen LogP contribution < -0.4 is 0 Å². The Kier molecular flexibility index (Phi) is 3.34. The first kappa shape index (κ1) is 12.7. The monoisotopic (exact) mass is 345 g/mol. The lowest BCUT2D eigenvalue weighted by Crippen LogP contribution is -2.42. The van der Waals surface area contributed by atoms with Gasteiger partial charge in [-0.15, -0.1) is 0 Å². The molecule has 1 amide bonds. The van der Waals surface area contributed by atoms with Crippen LogP contribution in [0.25, 0.3) is 0 Å². The van der Waals surface area contributed by atoms with Gasteiger partial charge in [0.2, 0.25) is 0 Å². The molecule has 0 saturated carbocycles.